The van der Waals surface area contributed by atoms with Crippen molar-refractivity contribution in [2.24, 2.45) is 0 Å². The molecule has 13 heteroatoms. The molecule has 204 valence electrons. The molecule has 3 aromatic carbocycles. The van der Waals surface area contributed by atoms with E-state index in [0.29, 0.717) is 6.07 Å². The Morgan fingerprint density at radius 3 is 2.15 bits per heavy atom. The Morgan fingerprint density at radius 2 is 1.54 bits per heavy atom. The van der Waals surface area contributed by atoms with Crippen LogP contribution < -0.4 is 10.6 Å². The van der Waals surface area contributed by atoms with Crippen LogP contribution in [0.15, 0.2) is 54.6 Å². The van der Waals surface area contributed by atoms with Crippen LogP contribution in [0.1, 0.15) is 37.0 Å². The highest BCUT2D eigenvalue weighted by atomic mass is 19.4. The van der Waals surface area contributed by atoms with Crippen molar-refractivity contribution in [3.8, 4) is 5.69 Å². The smallest absolute Gasteiger partial charge is 0.444 e. The minimum Gasteiger partial charge on any atom is -0.444 e. The lowest BCUT2D eigenvalue weighted by Gasteiger charge is -2.20. The Kier molecular flexibility index (Phi) is 7.02. The van der Waals surface area contributed by atoms with E-state index < -0.39 is 58.3 Å². The summed E-state index contributed by atoms with van der Waals surface area (Å²) in [7, 11) is 0. The van der Waals surface area contributed by atoms with Gasteiger partial charge in [0.2, 0.25) is 5.82 Å². The fourth-order valence-corrected chi connectivity index (χ4v) is 3.67. The number of nitrogens with one attached hydrogen (secondary N) is 2. The third kappa shape index (κ3) is 5.81. The van der Waals surface area contributed by atoms with Crippen LogP contribution in [-0.4, -0.2) is 27.2 Å². The van der Waals surface area contributed by atoms with E-state index in [2.05, 4.69) is 10.3 Å². The molecule has 0 atom stereocenters. The van der Waals surface area contributed by atoms with Gasteiger partial charge in [-0.3, -0.25) is 14.7 Å². The van der Waals surface area contributed by atoms with Gasteiger partial charge in [-0.25, -0.2) is 22.9 Å². The predicted octanol–water partition coefficient (Wildman–Crippen LogP) is 7.06. The minimum atomic E-state index is -4.77. The van der Waals surface area contributed by atoms with Crippen molar-refractivity contribution in [3.63, 3.8) is 0 Å². The van der Waals surface area contributed by atoms with Crippen molar-refractivity contribution < 1.29 is 40.7 Å². The first kappa shape index (κ1) is 27.5. The number of carbonyl (C=O) groups excluding carboxylic acids is 2. The van der Waals surface area contributed by atoms with E-state index in [0.717, 1.165) is 4.57 Å². The number of hydrogen-bond donors (Lipinski definition) is 2. The Labute approximate surface area is 217 Å². The summed E-state index contributed by atoms with van der Waals surface area (Å²) >= 11 is 0. The highest BCUT2D eigenvalue weighted by molar-refractivity contribution is 6.05. The fraction of sp³-hybridized carbons (Fsp3) is 0.192. The van der Waals surface area contributed by atoms with Gasteiger partial charge in [0.15, 0.2) is 17.5 Å². The van der Waals surface area contributed by atoms with Gasteiger partial charge in [0.25, 0.3) is 5.91 Å². The first-order chi connectivity index (χ1) is 18.2. The van der Waals surface area contributed by atoms with E-state index >= 15 is 0 Å². The van der Waals surface area contributed by atoms with Gasteiger partial charge in [0.05, 0.1) is 16.7 Å². The molecule has 0 saturated carbocycles. The van der Waals surface area contributed by atoms with Gasteiger partial charge in [0, 0.05) is 17.4 Å². The van der Waals surface area contributed by atoms with Crippen LogP contribution in [-0.2, 0) is 10.9 Å². The van der Waals surface area contributed by atoms with Gasteiger partial charge < -0.3 is 10.1 Å². The zero-order chi connectivity index (χ0) is 28.7. The number of halogens is 6. The summed E-state index contributed by atoms with van der Waals surface area (Å²) in [5.41, 5.74) is -2.88. The zero-order valence-corrected chi connectivity index (χ0v) is 20.6. The average molecular weight is 550 g/mol. The molecule has 0 aliphatic carbocycles. The van der Waals surface area contributed by atoms with Crippen LogP contribution in [0.2, 0.25) is 0 Å². The number of anilines is 2. The lowest BCUT2D eigenvalue weighted by molar-refractivity contribution is -0.145. The summed E-state index contributed by atoms with van der Waals surface area (Å²) in [5, 5.41) is 4.09. The lowest BCUT2D eigenvalue weighted by atomic mass is 10.1. The Morgan fingerprint density at radius 1 is 0.897 bits per heavy atom. The van der Waals surface area contributed by atoms with E-state index in [1.165, 1.54) is 63.2 Å². The molecule has 0 radical (unpaired) electrons. The molecule has 0 spiro atoms. The zero-order valence-electron chi connectivity index (χ0n) is 20.6. The summed E-state index contributed by atoms with van der Waals surface area (Å²) < 4.78 is 90.3. The normalized spacial score (nSPS) is 11.9. The van der Waals surface area contributed by atoms with Gasteiger partial charge in [-0.2, -0.15) is 13.2 Å². The third-order valence-corrected chi connectivity index (χ3v) is 5.22. The Hall–Kier alpha value is -4.55. The van der Waals surface area contributed by atoms with E-state index in [1.807, 2.05) is 5.32 Å². The van der Waals surface area contributed by atoms with Crippen molar-refractivity contribution >= 4 is 34.4 Å². The highest BCUT2D eigenvalue weighted by Gasteiger charge is 2.38. The molecule has 1 heterocycles. The molecule has 0 fully saturated rings. The second-order valence-corrected chi connectivity index (χ2v) is 9.29. The van der Waals surface area contributed by atoms with E-state index in [4.69, 9.17) is 4.74 Å². The number of hydrogen-bond acceptors (Lipinski definition) is 4. The highest BCUT2D eigenvalue weighted by Crippen LogP contribution is 2.34. The first-order valence-corrected chi connectivity index (χ1v) is 11.3. The maximum absolute atomic E-state index is 15.0. The number of aromatic nitrogens is 2. The van der Waals surface area contributed by atoms with E-state index in [-0.39, 0.29) is 22.4 Å². The van der Waals surface area contributed by atoms with Crippen molar-refractivity contribution in [3.05, 3.63) is 83.4 Å². The van der Waals surface area contributed by atoms with Gasteiger partial charge in [0.1, 0.15) is 11.2 Å². The second-order valence-electron chi connectivity index (χ2n) is 9.29. The van der Waals surface area contributed by atoms with Crippen molar-refractivity contribution in [1.29, 1.82) is 0 Å². The number of ether oxygens (including phenoxy) is 1. The van der Waals surface area contributed by atoms with E-state index in [9.17, 15) is 35.9 Å². The second kappa shape index (κ2) is 9.97. The SMILES string of the molecule is CC(C)(C)OC(=O)Nc1cc(F)c(F)c(C(=O)Nc2ccc(-n3c(C(F)(F)F)nc4ccccc43)cc2)c1F. The molecule has 0 aliphatic rings. The van der Waals surface area contributed by atoms with Gasteiger partial charge in [-0.15, -0.1) is 0 Å². The molecule has 2 amide bonds. The topological polar surface area (TPSA) is 85.2 Å². The van der Waals surface area contributed by atoms with E-state index in [1.54, 1.807) is 6.07 Å². The van der Waals surface area contributed by atoms with Crippen LogP contribution >= 0.6 is 0 Å². The molecule has 39 heavy (non-hydrogen) atoms. The van der Waals surface area contributed by atoms with Crippen LogP contribution in [0.5, 0.6) is 0 Å². The van der Waals surface area contributed by atoms with Crippen LogP contribution in [0.25, 0.3) is 16.7 Å². The molecular weight excluding hydrogens is 530 g/mol. The van der Waals surface area contributed by atoms with Crippen LogP contribution in [0, 0.1) is 17.5 Å². The molecule has 2 N–H and O–H groups in total. The molecule has 4 rings (SSSR count). The number of nitrogens with zero attached hydrogens (tertiary/aromatic N) is 2. The number of amides is 2. The number of imidazole rings is 1. The van der Waals surface area contributed by atoms with Crippen molar-refractivity contribution in [1.82, 2.24) is 9.55 Å². The predicted molar refractivity (Wildman–Crippen MR) is 130 cm³/mol. The number of benzene rings is 3. The summed E-state index contributed by atoms with van der Waals surface area (Å²) in [5.74, 6) is -7.57. The maximum atomic E-state index is 15.0. The molecule has 0 bridgehead atoms. The summed E-state index contributed by atoms with van der Waals surface area (Å²) in [6.07, 6.45) is -5.94. The number of para-hydroxylation sites is 2. The molecule has 1 aromatic heterocycles. The molecule has 0 saturated heterocycles. The number of fused-ring (bicyclic) bond motifs is 1. The van der Waals surface area contributed by atoms with Crippen molar-refractivity contribution in [2.75, 3.05) is 10.6 Å². The number of carbonyl (C=O) groups is 2. The molecule has 0 unspecified atom stereocenters. The molecule has 0 aliphatic heterocycles. The van der Waals surface area contributed by atoms with Gasteiger partial charge in [-0.1, -0.05) is 12.1 Å². The maximum Gasteiger partial charge on any atom is 0.450 e. The van der Waals surface area contributed by atoms with Gasteiger partial charge in [-0.05, 0) is 57.2 Å². The minimum absolute atomic E-state index is 0.0426. The largest absolute Gasteiger partial charge is 0.450 e. The monoisotopic (exact) mass is 550 g/mol. The third-order valence-electron chi connectivity index (χ3n) is 5.22. The summed E-state index contributed by atoms with van der Waals surface area (Å²) in [4.78, 5) is 28.3. The Bertz CT molecular complexity index is 1570. The molecular formula is C26H20F6N4O3. The van der Waals surface area contributed by atoms with Crippen LogP contribution in [0.3, 0.4) is 0 Å². The molecule has 4 aromatic rings. The summed E-state index contributed by atoms with van der Waals surface area (Å²) in [6.45, 7) is 4.58. The van der Waals surface area contributed by atoms with Gasteiger partial charge >= 0.3 is 12.3 Å². The lowest BCUT2D eigenvalue weighted by Crippen LogP contribution is -2.28. The first-order valence-electron chi connectivity index (χ1n) is 11.3. The van der Waals surface area contributed by atoms with Crippen LogP contribution in [0.4, 0.5) is 42.5 Å². The number of alkyl halides is 3. The standard InChI is InChI=1S/C26H20F6N4O3/c1-25(2,3)39-24(38)35-17-12-15(27)20(28)19(21(17)29)22(37)33-13-8-10-14(11-9-13)36-18-7-5-4-6-16(18)34-23(36)26(30,31)32/h4-12H,1-3H3,(H,33,37)(H,35,38). The summed E-state index contributed by atoms with van der Waals surface area (Å²) in [6, 6.07) is 11.2. The quantitative estimate of drug-likeness (QED) is 0.211. The number of rotatable bonds is 4. The van der Waals surface area contributed by atoms with Crippen molar-refractivity contribution in [2.45, 2.75) is 32.5 Å². The Balaban J connectivity index is 1.63. The fourth-order valence-electron chi connectivity index (χ4n) is 3.67. The molecule has 7 nitrogen and oxygen atoms in total. The average Bonchev–Trinajstić information content (AvgIpc) is 3.22.